The number of fused-ring (bicyclic) bond motifs is 1. The fraction of sp³-hybridized carbons (Fsp3) is 0.524. The highest BCUT2D eigenvalue weighted by molar-refractivity contribution is 5.76. The van der Waals surface area contributed by atoms with Crippen molar-refractivity contribution in [3.8, 4) is 0 Å². The number of carbonyl (C=O) groups is 1. The van der Waals surface area contributed by atoms with Crippen LogP contribution in [0.4, 0.5) is 0 Å². The molecule has 0 saturated heterocycles. The predicted octanol–water partition coefficient (Wildman–Crippen LogP) is 3.18. The van der Waals surface area contributed by atoms with Crippen LogP contribution in [0.3, 0.4) is 0 Å². The Balaban J connectivity index is 1.49. The number of amides is 1. The number of aromatic nitrogens is 1. The molecule has 5 nitrogen and oxygen atoms in total. The molecule has 1 amide bonds. The van der Waals surface area contributed by atoms with Crippen LogP contribution >= 0.6 is 0 Å². The van der Waals surface area contributed by atoms with Gasteiger partial charge in [0.25, 0.3) is 0 Å². The van der Waals surface area contributed by atoms with Gasteiger partial charge in [-0.2, -0.15) is 0 Å². The van der Waals surface area contributed by atoms with E-state index < -0.39 is 0 Å². The van der Waals surface area contributed by atoms with E-state index in [1.165, 1.54) is 11.1 Å². The Bertz CT molecular complexity index is 734. The van der Waals surface area contributed by atoms with Gasteiger partial charge < -0.3 is 9.84 Å². The normalized spacial score (nSPS) is 15.5. The minimum absolute atomic E-state index is 0.0980. The summed E-state index contributed by atoms with van der Waals surface area (Å²) in [6.45, 7) is 8.76. The first kappa shape index (κ1) is 18.6. The molecule has 26 heavy (non-hydrogen) atoms. The van der Waals surface area contributed by atoms with E-state index in [4.69, 9.17) is 4.52 Å². The maximum atomic E-state index is 12.3. The summed E-state index contributed by atoms with van der Waals surface area (Å²) in [7, 11) is 0. The minimum atomic E-state index is 0.0980. The SMILES string of the molecule is CCC(CNC(=O)CCc1c(C)noc1C)N1CCc2ccccc2C1. The van der Waals surface area contributed by atoms with Crippen molar-refractivity contribution in [3.63, 3.8) is 0 Å². The molecule has 0 fully saturated rings. The zero-order chi connectivity index (χ0) is 18.5. The van der Waals surface area contributed by atoms with Crippen LogP contribution in [0, 0.1) is 13.8 Å². The topological polar surface area (TPSA) is 58.4 Å². The third-order valence-corrected chi connectivity index (χ3v) is 5.47. The molecule has 5 heteroatoms. The van der Waals surface area contributed by atoms with Gasteiger partial charge >= 0.3 is 0 Å². The number of rotatable bonds is 7. The summed E-state index contributed by atoms with van der Waals surface area (Å²) in [5.74, 6) is 0.912. The first-order chi connectivity index (χ1) is 12.6. The van der Waals surface area contributed by atoms with Gasteiger partial charge in [0.05, 0.1) is 5.69 Å². The molecule has 0 spiro atoms. The van der Waals surface area contributed by atoms with Crippen LogP contribution < -0.4 is 5.32 Å². The largest absolute Gasteiger partial charge is 0.361 e. The zero-order valence-electron chi connectivity index (χ0n) is 16.0. The second-order valence-electron chi connectivity index (χ2n) is 7.16. The molecule has 1 unspecified atom stereocenters. The molecular formula is C21H29N3O2. The number of carbonyl (C=O) groups excluding carboxylic acids is 1. The van der Waals surface area contributed by atoms with Gasteiger partial charge in [-0.25, -0.2) is 0 Å². The number of nitrogens with zero attached hydrogens (tertiary/aromatic N) is 2. The van der Waals surface area contributed by atoms with Gasteiger partial charge in [0.1, 0.15) is 5.76 Å². The van der Waals surface area contributed by atoms with Gasteiger partial charge in [0, 0.05) is 37.7 Å². The average molecular weight is 355 g/mol. The molecule has 1 aromatic carbocycles. The molecule has 1 atom stereocenters. The maximum absolute atomic E-state index is 12.3. The molecule has 0 aliphatic carbocycles. The van der Waals surface area contributed by atoms with Crippen molar-refractivity contribution in [2.75, 3.05) is 13.1 Å². The summed E-state index contributed by atoms with van der Waals surface area (Å²) in [6, 6.07) is 9.05. The van der Waals surface area contributed by atoms with Crippen LogP contribution in [0.25, 0.3) is 0 Å². The van der Waals surface area contributed by atoms with Crippen LogP contribution in [0.5, 0.6) is 0 Å². The molecular weight excluding hydrogens is 326 g/mol. The molecule has 2 heterocycles. The Labute approximate surface area is 155 Å². The lowest BCUT2D eigenvalue weighted by Gasteiger charge is -2.35. The summed E-state index contributed by atoms with van der Waals surface area (Å²) in [5.41, 5.74) is 4.82. The summed E-state index contributed by atoms with van der Waals surface area (Å²) in [4.78, 5) is 14.8. The highest BCUT2D eigenvalue weighted by Crippen LogP contribution is 2.21. The van der Waals surface area contributed by atoms with Crippen molar-refractivity contribution in [1.29, 1.82) is 0 Å². The van der Waals surface area contributed by atoms with E-state index in [0.717, 1.165) is 42.9 Å². The van der Waals surface area contributed by atoms with Crippen LogP contribution in [0.1, 0.15) is 47.9 Å². The summed E-state index contributed by atoms with van der Waals surface area (Å²) in [5, 5.41) is 7.07. The Morgan fingerprint density at radius 2 is 2.08 bits per heavy atom. The molecule has 1 aromatic heterocycles. The van der Waals surface area contributed by atoms with E-state index >= 15 is 0 Å². The zero-order valence-corrected chi connectivity index (χ0v) is 16.0. The van der Waals surface area contributed by atoms with Crippen molar-refractivity contribution in [3.05, 3.63) is 52.4 Å². The Hall–Kier alpha value is -2.14. The fourth-order valence-corrected chi connectivity index (χ4v) is 3.78. The Morgan fingerprint density at radius 3 is 2.77 bits per heavy atom. The van der Waals surface area contributed by atoms with Crippen LogP contribution in [-0.4, -0.2) is 35.1 Å². The van der Waals surface area contributed by atoms with Gasteiger partial charge in [-0.15, -0.1) is 0 Å². The summed E-state index contributed by atoms with van der Waals surface area (Å²) in [6.07, 6.45) is 3.28. The van der Waals surface area contributed by atoms with Gasteiger partial charge in [0.2, 0.25) is 5.91 Å². The van der Waals surface area contributed by atoms with Gasteiger partial charge in [-0.05, 0) is 44.2 Å². The second kappa shape index (κ2) is 8.49. The third kappa shape index (κ3) is 4.33. The van der Waals surface area contributed by atoms with Crippen LogP contribution in [0.15, 0.2) is 28.8 Å². The summed E-state index contributed by atoms with van der Waals surface area (Å²) >= 11 is 0. The van der Waals surface area contributed by atoms with Crippen molar-refractivity contribution in [1.82, 2.24) is 15.4 Å². The average Bonchev–Trinajstić information content (AvgIpc) is 2.98. The fourth-order valence-electron chi connectivity index (χ4n) is 3.78. The van der Waals surface area contributed by atoms with E-state index in [0.29, 0.717) is 25.4 Å². The quantitative estimate of drug-likeness (QED) is 0.829. The van der Waals surface area contributed by atoms with Crippen molar-refractivity contribution >= 4 is 5.91 Å². The van der Waals surface area contributed by atoms with Crippen molar-refractivity contribution < 1.29 is 9.32 Å². The molecule has 1 N–H and O–H groups in total. The lowest BCUT2D eigenvalue weighted by atomic mass is 9.98. The summed E-state index contributed by atoms with van der Waals surface area (Å²) < 4.78 is 5.16. The second-order valence-corrected chi connectivity index (χ2v) is 7.16. The van der Waals surface area contributed by atoms with E-state index in [1.54, 1.807) is 0 Å². The Morgan fingerprint density at radius 1 is 1.31 bits per heavy atom. The smallest absolute Gasteiger partial charge is 0.220 e. The predicted molar refractivity (Wildman–Crippen MR) is 102 cm³/mol. The molecule has 1 aliphatic rings. The van der Waals surface area contributed by atoms with E-state index in [-0.39, 0.29) is 5.91 Å². The standard InChI is InChI=1S/C21H29N3O2/c1-4-19(24-12-11-17-7-5-6-8-18(17)14-24)13-22-21(25)10-9-20-15(2)23-26-16(20)3/h5-8,19H,4,9-14H2,1-3H3,(H,22,25). The first-order valence-electron chi connectivity index (χ1n) is 9.57. The van der Waals surface area contributed by atoms with E-state index in [2.05, 4.69) is 46.6 Å². The number of hydrogen-bond acceptors (Lipinski definition) is 4. The molecule has 3 rings (SSSR count). The van der Waals surface area contributed by atoms with Gasteiger partial charge in [-0.1, -0.05) is 36.3 Å². The molecule has 0 saturated carbocycles. The van der Waals surface area contributed by atoms with Crippen molar-refractivity contribution in [2.24, 2.45) is 0 Å². The molecule has 2 aromatic rings. The lowest BCUT2D eigenvalue weighted by Crippen LogP contribution is -2.45. The number of nitrogens with one attached hydrogen (secondary N) is 1. The number of benzene rings is 1. The number of hydrogen-bond donors (Lipinski definition) is 1. The lowest BCUT2D eigenvalue weighted by molar-refractivity contribution is -0.121. The van der Waals surface area contributed by atoms with Crippen LogP contribution in [0.2, 0.25) is 0 Å². The monoisotopic (exact) mass is 355 g/mol. The highest BCUT2D eigenvalue weighted by atomic mass is 16.5. The van der Waals surface area contributed by atoms with E-state index in [9.17, 15) is 4.79 Å². The molecule has 0 bridgehead atoms. The Kier molecular flexibility index (Phi) is 6.09. The molecule has 140 valence electrons. The minimum Gasteiger partial charge on any atom is -0.361 e. The van der Waals surface area contributed by atoms with E-state index in [1.807, 2.05) is 13.8 Å². The maximum Gasteiger partial charge on any atom is 0.220 e. The van der Waals surface area contributed by atoms with Crippen LogP contribution in [-0.2, 0) is 24.2 Å². The van der Waals surface area contributed by atoms with Crippen molar-refractivity contribution in [2.45, 2.75) is 59.0 Å². The number of aryl methyl sites for hydroxylation is 2. The molecule has 1 aliphatic heterocycles. The first-order valence-corrected chi connectivity index (χ1v) is 9.57. The third-order valence-electron chi connectivity index (χ3n) is 5.47. The molecule has 0 radical (unpaired) electrons. The van der Waals surface area contributed by atoms with Gasteiger partial charge in [-0.3, -0.25) is 9.69 Å². The highest BCUT2D eigenvalue weighted by Gasteiger charge is 2.22. The van der Waals surface area contributed by atoms with Gasteiger partial charge in [0.15, 0.2) is 0 Å².